The van der Waals surface area contributed by atoms with E-state index in [0.717, 1.165) is 72.1 Å². The molecule has 180 valence electrons. The van der Waals surface area contributed by atoms with Crippen LogP contribution in [-0.2, 0) is 6.42 Å². The van der Waals surface area contributed by atoms with E-state index in [2.05, 4.69) is 34.8 Å². The average molecular weight is 468 g/mol. The molecule has 0 amide bonds. The second-order valence-electron chi connectivity index (χ2n) is 9.40. The van der Waals surface area contributed by atoms with Crippen LogP contribution in [0.1, 0.15) is 52.0 Å². The molecule has 0 bridgehead atoms. The Morgan fingerprint density at radius 3 is 2.11 bits per heavy atom. The minimum absolute atomic E-state index is 0.00676. The summed E-state index contributed by atoms with van der Waals surface area (Å²) in [6, 6.07) is 15.5. The fraction of sp³-hybridized carbons (Fsp3) is 0.333. The third-order valence-electron chi connectivity index (χ3n) is 7.14. The summed E-state index contributed by atoms with van der Waals surface area (Å²) in [5.74, 6) is 0. The van der Waals surface area contributed by atoms with Gasteiger partial charge in [-0.2, -0.15) is 0 Å². The molecule has 0 saturated carbocycles. The SMILES string of the molecule is CCCCN(CCCC)c1cccc2c(=O)c3c(CC)c4[nH]c5ccccc5c(=O)c4cc3[nH]c12. The summed E-state index contributed by atoms with van der Waals surface area (Å²) in [4.78, 5) is 36.8. The number of fused-ring (bicyclic) bond motifs is 4. The Balaban J connectivity index is 1.86. The minimum atomic E-state index is -0.00676. The molecule has 5 nitrogen and oxygen atoms in total. The number of rotatable bonds is 8. The molecule has 5 rings (SSSR count). The topological polar surface area (TPSA) is 69.0 Å². The monoisotopic (exact) mass is 467 g/mol. The molecule has 2 heterocycles. The van der Waals surface area contributed by atoms with Crippen LogP contribution < -0.4 is 15.8 Å². The third-order valence-corrected chi connectivity index (χ3v) is 7.14. The van der Waals surface area contributed by atoms with Crippen LogP contribution in [0, 0.1) is 0 Å². The zero-order valence-electron chi connectivity index (χ0n) is 20.8. The standard InChI is InChI=1S/C30H33N3O2/c1-4-7-16-33(17-8-5-2)25-15-11-13-21-28(25)32-24-18-22-27(19(6-3)26(24)30(21)35)31-23-14-10-9-12-20(23)29(22)34/h9-15,18H,4-8,16-17H2,1-3H3,(H,31,34)(H,32,35). The predicted octanol–water partition coefficient (Wildman–Crippen LogP) is 6.65. The minimum Gasteiger partial charge on any atom is -0.370 e. The number of aromatic nitrogens is 2. The van der Waals surface area contributed by atoms with Crippen molar-refractivity contribution < 1.29 is 0 Å². The van der Waals surface area contributed by atoms with Crippen molar-refractivity contribution in [3.63, 3.8) is 0 Å². The van der Waals surface area contributed by atoms with Gasteiger partial charge >= 0.3 is 0 Å². The smallest absolute Gasteiger partial charge is 0.197 e. The van der Waals surface area contributed by atoms with Gasteiger partial charge in [0.05, 0.1) is 27.6 Å². The number of pyridine rings is 2. The molecule has 0 fully saturated rings. The maximum Gasteiger partial charge on any atom is 0.197 e. The summed E-state index contributed by atoms with van der Waals surface area (Å²) in [6.45, 7) is 8.36. The maximum atomic E-state index is 13.9. The summed E-state index contributed by atoms with van der Waals surface area (Å²) in [5.41, 5.74) is 5.11. The summed E-state index contributed by atoms with van der Waals surface area (Å²) in [6.07, 6.45) is 5.09. The van der Waals surface area contributed by atoms with Crippen LogP contribution in [0.3, 0.4) is 0 Å². The molecule has 0 spiro atoms. The molecule has 0 saturated heterocycles. The number of nitrogens with zero attached hydrogens (tertiary/aromatic N) is 1. The number of anilines is 1. The number of H-pyrrole nitrogens is 2. The van der Waals surface area contributed by atoms with Crippen molar-refractivity contribution in [3.05, 3.63) is 74.5 Å². The van der Waals surface area contributed by atoms with Crippen LogP contribution in [0.4, 0.5) is 5.69 Å². The molecule has 0 unspecified atom stereocenters. The van der Waals surface area contributed by atoms with Crippen LogP contribution in [0.2, 0.25) is 0 Å². The van der Waals surface area contributed by atoms with E-state index in [9.17, 15) is 9.59 Å². The van der Waals surface area contributed by atoms with Gasteiger partial charge in [-0.15, -0.1) is 0 Å². The molecule has 3 aromatic carbocycles. The highest BCUT2D eigenvalue weighted by molar-refractivity contribution is 6.07. The van der Waals surface area contributed by atoms with Crippen LogP contribution >= 0.6 is 0 Å². The highest BCUT2D eigenvalue weighted by Gasteiger charge is 2.18. The van der Waals surface area contributed by atoms with Crippen molar-refractivity contribution in [2.75, 3.05) is 18.0 Å². The lowest BCUT2D eigenvalue weighted by Gasteiger charge is -2.26. The first-order chi connectivity index (χ1) is 17.1. The molecule has 0 aliphatic rings. The normalized spacial score (nSPS) is 11.7. The first-order valence-electron chi connectivity index (χ1n) is 12.9. The largest absolute Gasteiger partial charge is 0.370 e. The molecule has 0 atom stereocenters. The van der Waals surface area contributed by atoms with Crippen LogP contribution in [0.5, 0.6) is 0 Å². The van der Waals surface area contributed by atoms with E-state index in [0.29, 0.717) is 28.0 Å². The Bertz CT molecular complexity index is 1650. The van der Waals surface area contributed by atoms with Gasteiger partial charge in [0.2, 0.25) is 0 Å². The van der Waals surface area contributed by atoms with E-state index in [1.54, 1.807) is 0 Å². The number of nitrogens with one attached hydrogen (secondary N) is 2. The van der Waals surface area contributed by atoms with Crippen molar-refractivity contribution in [2.24, 2.45) is 0 Å². The van der Waals surface area contributed by atoms with E-state index < -0.39 is 0 Å². The van der Waals surface area contributed by atoms with Gasteiger partial charge in [-0.1, -0.05) is 51.8 Å². The lowest BCUT2D eigenvalue weighted by atomic mass is 9.97. The highest BCUT2D eigenvalue weighted by atomic mass is 16.1. The molecule has 0 radical (unpaired) electrons. The molecule has 0 aliphatic heterocycles. The van der Waals surface area contributed by atoms with Gasteiger partial charge in [-0.05, 0) is 55.2 Å². The van der Waals surface area contributed by atoms with Gasteiger partial charge in [0.15, 0.2) is 10.9 Å². The molecule has 2 N–H and O–H groups in total. The lowest BCUT2D eigenvalue weighted by molar-refractivity contribution is 0.679. The van der Waals surface area contributed by atoms with Gasteiger partial charge in [0.1, 0.15) is 0 Å². The van der Waals surface area contributed by atoms with E-state index >= 15 is 0 Å². The molecular formula is C30H33N3O2. The third kappa shape index (κ3) is 3.89. The number of aryl methyl sites for hydroxylation is 1. The Morgan fingerprint density at radius 1 is 0.714 bits per heavy atom. The zero-order chi connectivity index (χ0) is 24.5. The zero-order valence-corrected chi connectivity index (χ0v) is 20.8. The lowest BCUT2D eigenvalue weighted by Crippen LogP contribution is -2.26. The fourth-order valence-electron chi connectivity index (χ4n) is 5.29. The van der Waals surface area contributed by atoms with Crippen LogP contribution in [-0.4, -0.2) is 23.1 Å². The number of aromatic amines is 2. The Morgan fingerprint density at radius 2 is 1.40 bits per heavy atom. The summed E-state index contributed by atoms with van der Waals surface area (Å²) in [7, 11) is 0. The molecule has 0 aliphatic carbocycles. The van der Waals surface area contributed by atoms with E-state index in [-0.39, 0.29) is 10.9 Å². The Kier molecular flexibility index (Phi) is 6.33. The number of hydrogen-bond acceptors (Lipinski definition) is 3. The van der Waals surface area contributed by atoms with E-state index in [4.69, 9.17) is 0 Å². The number of unbranched alkanes of at least 4 members (excludes halogenated alkanes) is 2. The maximum absolute atomic E-state index is 13.9. The van der Waals surface area contributed by atoms with E-state index in [1.165, 1.54) is 0 Å². The van der Waals surface area contributed by atoms with Crippen LogP contribution in [0.25, 0.3) is 43.6 Å². The van der Waals surface area contributed by atoms with Crippen molar-refractivity contribution in [1.82, 2.24) is 9.97 Å². The molecule has 35 heavy (non-hydrogen) atoms. The van der Waals surface area contributed by atoms with Crippen molar-refractivity contribution in [1.29, 1.82) is 0 Å². The van der Waals surface area contributed by atoms with Crippen molar-refractivity contribution in [2.45, 2.75) is 52.9 Å². The number of para-hydroxylation sites is 2. The first-order valence-corrected chi connectivity index (χ1v) is 12.9. The molecule has 5 aromatic rings. The van der Waals surface area contributed by atoms with Crippen LogP contribution in [0.15, 0.2) is 58.1 Å². The predicted molar refractivity (Wildman–Crippen MR) is 149 cm³/mol. The van der Waals surface area contributed by atoms with Gasteiger partial charge in [0.25, 0.3) is 0 Å². The summed E-state index contributed by atoms with van der Waals surface area (Å²) < 4.78 is 0. The van der Waals surface area contributed by atoms with Crippen molar-refractivity contribution in [3.8, 4) is 0 Å². The average Bonchev–Trinajstić information content (AvgIpc) is 2.88. The quantitative estimate of drug-likeness (QED) is 0.251. The number of benzene rings is 3. The fourth-order valence-corrected chi connectivity index (χ4v) is 5.29. The second-order valence-corrected chi connectivity index (χ2v) is 9.40. The highest BCUT2D eigenvalue weighted by Crippen LogP contribution is 2.30. The van der Waals surface area contributed by atoms with Gasteiger partial charge in [0, 0.05) is 34.8 Å². The van der Waals surface area contributed by atoms with E-state index in [1.807, 2.05) is 49.4 Å². The second kappa shape index (κ2) is 9.57. The molecule has 2 aromatic heterocycles. The molecule has 5 heteroatoms. The first kappa shape index (κ1) is 23.2. The Hall–Kier alpha value is -3.60. The van der Waals surface area contributed by atoms with Gasteiger partial charge < -0.3 is 14.9 Å². The summed E-state index contributed by atoms with van der Waals surface area (Å²) >= 11 is 0. The van der Waals surface area contributed by atoms with Crippen molar-refractivity contribution >= 4 is 49.3 Å². The Labute approximate surface area is 204 Å². The molecular weight excluding hydrogens is 434 g/mol. The summed E-state index contributed by atoms with van der Waals surface area (Å²) in [5, 5.41) is 2.65. The van der Waals surface area contributed by atoms with Gasteiger partial charge in [-0.3, -0.25) is 9.59 Å². The number of hydrogen-bond donors (Lipinski definition) is 2. The van der Waals surface area contributed by atoms with Gasteiger partial charge in [-0.25, -0.2) is 0 Å².